The number of para-hydroxylation sites is 2. The molecule has 0 aliphatic heterocycles. The standard InChI is InChI=1S/C16H13ClF3NO3/c1-10-8-11(6-7-12(10)17)23-9-15(22)21-13-4-2-3-5-14(13)24-16(18,19)20/h2-8H,9H2,1H3,(H,21,22). The van der Waals surface area contributed by atoms with Gasteiger partial charge >= 0.3 is 6.36 Å². The Hall–Kier alpha value is -2.41. The minimum absolute atomic E-state index is 0.101. The molecular weight excluding hydrogens is 347 g/mol. The van der Waals surface area contributed by atoms with Gasteiger partial charge in [-0.25, -0.2) is 0 Å². The molecule has 128 valence electrons. The van der Waals surface area contributed by atoms with E-state index in [0.717, 1.165) is 11.6 Å². The van der Waals surface area contributed by atoms with E-state index in [1.54, 1.807) is 25.1 Å². The van der Waals surface area contributed by atoms with Gasteiger partial charge in [0, 0.05) is 5.02 Å². The van der Waals surface area contributed by atoms with E-state index in [9.17, 15) is 18.0 Å². The molecule has 0 radical (unpaired) electrons. The van der Waals surface area contributed by atoms with Gasteiger partial charge in [0.05, 0.1) is 5.69 Å². The topological polar surface area (TPSA) is 47.6 Å². The molecule has 4 nitrogen and oxygen atoms in total. The van der Waals surface area contributed by atoms with Crippen molar-refractivity contribution in [2.45, 2.75) is 13.3 Å². The lowest BCUT2D eigenvalue weighted by atomic mass is 10.2. The molecular formula is C16H13ClF3NO3. The van der Waals surface area contributed by atoms with Crippen LogP contribution in [0.1, 0.15) is 5.56 Å². The minimum atomic E-state index is -4.85. The van der Waals surface area contributed by atoms with Gasteiger partial charge in [-0.05, 0) is 42.8 Å². The first-order chi connectivity index (χ1) is 11.2. The summed E-state index contributed by atoms with van der Waals surface area (Å²) in [7, 11) is 0. The van der Waals surface area contributed by atoms with Crippen LogP contribution in [0, 0.1) is 6.92 Å². The molecule has 0 saturated heterocycles. The summed E-state index contributed by atoms with van der Waals surface area (Å²) in [4.78, 5) is 11.9. The predicted molar refractivity (Wildman–Crippen MR) is 83.4 cm³/mol. The number of anilines is 1. The Labute approximate surface area is 141 Å². The number of nitrogens with one attached hydrogen (secondary N) is 1. The summed E-state index contributed by atoms with van der Waals surface area (Å²) in [6.45, 7) is 1.40. The highest BCUT2D eigenvalue weighted by atomic mass is 35.5. The maximum Gasteiger partial charge on any atom is 0.573 e. The monoisotopic (exact) mass is 359 g/mol. The second-order valence-electron chi connectivity index (χ2n) is 4.79. The van der Waals surface area contributed by atoms with E-state index in [0.29, 0.717) is 10.8 Å². The van der Waals surface area contributed by atoms with Crippen LogP contribution >= 0.6 is 11.6 Å². The molecule has 2 aromatic carbocycles. The van der Waals surface area contributed by atoms with E-state index in [1.807, 2.05) is 0 Å². The number of carbonyl (C=O) groups excluding carboxylic acids is 1. The Morgan fingerprint density at radius 2 is 1.92 bits per heavy atom. The Balaban J connectivity index is 1.98. The van der Waals surface area contributed by atoms with Gasteiger partial charge in [-0.15, -0.1) is 13.2 Å². The average Bonchev–Trinajstić information content (AvgIpc) is 2.49. The van der Waals surface area contributed by atoms with E-state index in [4.69, 9.17) is 16.3 Å². The van der Waals surface area contributed by atoms with Gasteiger partial charge in [0.15, 0.2) is 12.4 Å². The first-order valence-electron chi connectivity index (χ1n) is 6.78. The van der Waals surface area contributed by atoms with Gasteiger partial charge in [0.25, 0.3) is 5.91 Å². The Morgan fingerprint density at radius 1 is 1.21 bits per heavy atom. The van der Waals surface area contributed by atoms with Crippen molar-refractivity contribution in [3.05, 3.63) is 53.1 Å². The molecule has 0 aliphatic rings. The van der Waals surface area contributed by atoms with E-state index in [-0.39, 0.29) is 12.3 Å². The second kappa shape index (κ2) is 7.44. The number of alkyl halides is 3. The van der Waals surface area contributed by atoms with Crippen molar-refractivity contribution in [2.24, 2.45) is 0 Å². The summed E-state index contributed by atoms with van der Waals surface area (Å²) >= 11 is 5.88. The zero-order valence-electron chi connectivity index (χ0n) is 12.5. The van der Waals surface area contributed by atoms with Crippen LogP contribution in [0.3, 0.4) is 0 Å². The molecule has 1 amide bonds. The molecule has 0 bridgehead atoms. The summed E-state index contributed by atoms with van der Waals surface area (Å²) in [5, 5.41) is 2.87. The third-order valence-electron chi connectivity index (χ3n) is 2.89. The first-order valence-corrected chi connectivity index (χ1v) is 7.16. The second-order valence-corrected chi connectivity index (χ2v) is 5.20. The summed E-state index contributed by atoms with van der Waals surface area (Å²) in [5.41, 5.74) is 0.675. The number of hydrogen-bond acceptors (Lipinski definition) is 3. The fraction of sp³-hybridized carbons (Fsp3) is 0.188. The highest BCUT2D eigenvalue weighted by Gasteiger charge is 2.32. The van der Waals surface area contributed by atoms with E-state index >= 15 is 0 Å². The fourth-order valence-corrected chi connectivity index (χ4v) is 1.94. The Bertz CT molecular complexity index is 735. The number of aryl methyl sites for hydroxylation is 1. The first kappa shape index (κ1) is 17.9. The minimum Gasteiger partial charge on any atom is -0.484 e. The lowest BCUT2D eigenvalue weighted by molar-refractivity contribution is -0.274. The van der Waals surface area contributed by atoms with Gasteiger partial charge in [-0.2, -0.15) is 0 Å². The maximum absolute atomic E-state index is 12.3. The number of ether oxygens (including phenoxy) is 2. The number of benzene rings is 2. The molecule has 0 fully saturated rings. The normalized spacial score (nSPS) is 11.0. The van der Waals surface area contributed by atoms with Crippen LogP contribution in [0.5, 0.6) is 11.5 Å². The molecule has 1 N–H and O–H groups in total. The zero-order chi connectivity index (χ0) is 17.7. The van der Waals surface area contributed by atoms with E-state index in [1.165, 1.54) is 18.2 Å². The molecule has 0 spiro atoms. The zero-order valence-corrected chi connectivity index (χ0v) is 13.2. The van der Waals surface area contributed by atoms with Crippen molar-refractivity contribution >= 4 is 23.2 Å². The third-order valence-corrected chi connectivity index (χ3v) is 3.31. The van der Waals surface area contributed by atoms with E-state index in [2.05, 4.69) is 10.1 Å². The highest BCUT2D eigenvalue weighted by molar-refractivity contribution is 6.31. The molecule has 8 heteroatoms. The molecule has 24 heavy (non-hydrogen) atoms. The molecule has 0 aliphatic carbocycles. The van der Waals surface area contributed by atoms with Crippen molar-refractivity contribution in [1.29, 1.82) is 0 Å². The van der Waals surface area contributed by atoms with Crippen LogP contribution in [0.25, 0.3) is 0 Å². The van der Waals surface area contributed by atoms with Gasteiger partial charge in [-0.1, -0.05) is 23.7 Å². The van der Waals surface area contributed by atoms with Crippen molar-refractivity contribution in [2.75, 3.05) is 11.9 Å². The fourth-order valence-electron chi connectivity index (χ4n) is 1.83. The number of halogens is 4. The highest BCUT2D eigenvalue weighted by Crippen LogP contribution is 2.29. The molecule has 2 rings (SSSR count). The summed E-state index contributed by atoms with van der Waals surface area (Å²) in [6.07, 6.45) is -4.85. The summed E-state index contributed by atoms with van der Waals surface area (Å²) in [6, 6.07) is 10.1. The molecule has 0 unspecified atom stereocenters. The Kier molecular flexibility index (Phi) is 5.56. The van der Waals surface area contributed by atoms with Crippen LogP contribution in [0.15, 0.2) is 42.5 Å². The van der Waals surface area contributed by atoms with Gasteiger partial charge in [0.2, 0.25) is 0 Å². The lowest BCUT2D eigenvalue weighted by Gasteiger charge is -2.14. The molecule has 0 aromatic heterocycles. The van der Waals surface area contributed by atoms with Crippen LogP contribution in [0.2, 0.25) is 5.02 Å². The number of hydrogen-bond donors (Lipinski definition) is 1. The largest absolute Gasteiger partial charge is 0.573 e. The number of amides is 1. The van der Waals surface area contributed by atoms with E-state index < -0.39 is 18.0 Å². The van der Waals surface area contributed by atoms with Gasteiger partial charge < -0.3 is 14.8 Å². The van der Waals surface area contributed by atoms with Crippen LogP contribution in [-0.2, 0) is 4.79 Å². The van der Waals surface area contributed by atoms with Crippen molar-refractivity contribution in [1.82, 2.24) is 0 Å². The van der Waals surface area contributed by atoms with Gasteiger partial charge in [0.1, 0.15) is 5.75 Å². The predicted octanol–water partition coefficient (Wildman–Crippen LogP) is 4.56. The average molecular weight is 360 g/mol. The van der Waals surface area contributed by atoms with Crippen LogP contribution in [0.4, 0.5) is 18.9 Å². The number of rotatable bonds is 5. The lowest BCUT2D eigenvalue weighted by Crippen LogP contribution is -2.22. The Morgan fingerprint density at radius 3 is 2.58 bits per heavy atom. The van der Waals surface area contributed by atoms with Crippen molar-refractivity contribution in [3.63, 3.8) is 0 Å². The molecule has 0 heterocycles. The molecule has 0 atom stereocenters. The van der Waals surface area contributed by atoms with Crippen LogP contribution < -0.4 is 14.8 Å². The summed E-state index contributed by atoms with van der Waals surface area (Å²) < 4.78 is 46.1. The van der Waals surface area contributed by atoms with Gasteiger partial charge in [-0.3, -0.25) is 4.79 Å². The molecule has 2 aromatic rings. The quantitative estimate of drug-likeness (QED) is 0.851. The smallest absolute Gasteiger partial charge is 0.484 e. The summed E-state index contributed by atoms with van der Waals surface area (Å²) in [5.74, 6) is -0.701. The number of carbonyl (C=O) groups is 1. The maximum atomic E-state index is 12.3. The molecule has 0 saturated carbocycles. The third kappa shape index (κ3) is 5.34. The SMILES string of the molecule is Cc1cc(OCC(=O)Nc2ccccc2OC(F)(F)F)ccc1Cl. The van der Waals surface area contributed by atoms with Crippen molar-refractivity contribution < 1.29 is 27.4 Å². The van der Waals surface area contributed by atoms with Crippen LogP contribution in [-0.4, -0.2) is 18.9 Å². The van der Waals surface area contributed by atoms with Crippen molar-refractivity contribution in [3.8, 4) is 11.5 Å².